The third-order valence-corrected chi connectivity index (χ3v) is 10.1. The lowest BCUT2D eigenvalue weighted by Gasteiger charge is -2.27. The number of methoxy groups -OCH3 is 5. The summed E-state index contributed by atoms with van der Waals surface area (Å²) in [6.07, 6.45) is 0. The van der Waals surface area contributed by atoms with Crippen LogP contribution in [-0.2, 0) is 0 Å². The molecule has 0 aliphatic heterocycles. The van der Waals surface area contributed by atoms with E-state index in [-0.39, 0.29) is 5.43 Å². The first kappa shape index (κ1) is 36.6. The second-order valence-corrected chi connectivity index (χ2v) is 13.2. The standard InChI is InChI=1S/C48H41N3O6/c1-53-39-18-6-32(7-19-39)49(33-8-20-40(54-2)21-9-33)37-16-28-46-44(30-37)48(52)45-31-38(17-29-47(45)51(46)36-14-26-43(57-5)27-15-36)50(34-10-22-41(55-3)23-11-34)35-12-24-42(56-4)25-13-35/h6-31H,1-5H3. The number of hydrogen-bond acceptors (Lipinski definition) is 8. The number of nitrogens with zero attached hydrogens (tertiary/aromatic N) is 3. The second kappa shape index (κ2) is 15.8. The van der Waals surface area contributed by atoms with E-state index in [9.17, 15) is 0 Å². The van der Waals surface area contributed by atoms with Crippen LogP contribution in [0.15, 0.2) is 163 Å². The summed E-state index contributed by atoms with van der Waals surface area (Å²) < 4.78 is 29.5. The smallest absolute Gasteiger partial charge is 0.197 e. The number of pyridine rings is 1. The van der Waals surface area contributed by atoms with Crippen LogP contribution in [0.4, 0.5) is 34.1 Å². The monoisotopic (exact) mass is 755 g/mol. The van der Waals surface area contributed by atoms with Crippen LogP contribution in [0, 0.1) is 0 Å². The molecule has 0 radical (unpaired) electrons. The Kier molecular flexibility index (Phi) is 10.1. The van der Waals surface area contributed by atoms with Gasteiger partial charge >= 0.3 is 0 Å². The fourth-order valence-electron chi connectivity index (χ4n) is 7.18. The SMILES string of the molecule is COc1ccc(N(c2ccc(OC)cc2)c2ccc3c(c2)c(=O)c2cc(N(c4ccc(OC)cc4)c4ccc(OC)cc4)ccc2n3-c2ccc(OC)cc2)cc1. The highest BCUT2D eigenvalue weighted by molar-refractivity contribution is 5.99. The lowest BCUT2D eigenvalue weighted by molar-refractivity contribution is 0.414. The van der Waals surface area contributed by atoms with Gasteiger partial charge in [0.05, 0.1) is 46.6 Å². The zero-order valence-electron chi connectivity index (χ0n) is 32.3. The fraction of sp³-hybridized carbons (Fsp3) is 0.104. The van der Waals surface area contributed by atoms with Crippen molar-refractivity contribution in [3.8, 4) is 34.4 Å². The lowest BCUT2D eigenvalue weighted by atomic mass is 10.0. The summed E-state index contributed by atoms with van der Waals surface area (Å²) >= 11 is 0. The van der Waals surface area contributed by atoms with Gasteiger partial charge in [-0.2, -0.15) is 0 Å². The summed E-state index contributed by atoms with van der Waals surface area (Å²) in [6.45, 7) is 0. The molecule has 8 rings (SSSR count). The maximum atomic E-state index is 15.1. The Labute approximate surface area is 331 Å². The number of aromatic nitrogens is 1. The molecule has 9 heteroatoms. The molecular formula is C48H41N3O6. The van der Waals surface area contributed by atoms with E-state index in [1.807, 2.05) is 158 Å². The molecule has 0 aliphatic carbocycles. The molecule has 57 heavy (non-hydrogen) atoms. The van der Waals surface area contributed by atoms with E-state index >= 15 is 4.79 Å². The molecule has 0 aliphatic rings. The van der Waals surface area contributed by atoms with Crippen molar-refractivity contribution in [2.75, 3.05) is 45.3 Å². The van der Waals surface area contributed by atoms with Crippen molar-refractivity contribution in [2.45, 2.75) is 0 Å². The Morgan fingerprint density at radius 3 is 0.895 bits per heavy atom. The maximum absolute atomic E-state index is 15.1. The predicted molar refractivity (Wildman–Crippen MR) is 229 cm³/mol. The molecule has 1 aromatic heterocycles. The Balaban J connectivity index is 1.38. The van der Waals surface area contributed by atoms with Crippen LogP contribution >= 0.6 is 0 Å². The molecule has 0 saturated carbocycles. The van der Waals surface area contributed by atoms with Gasteiger partial charge in [-0.05, 0) is 158 Å². The normalized spacial score (nSPS) is 11.0. The minimum atomic E-state index is -0.0951. The molecular weight excluding hydrogens is 715 g/mol. The molecule has 0 saturated heterocycles. The Morgan fingerprint density at radius 2 is 0.614 bits per heavy atom. The van der Waals surface area contributed by atoms with Crippen LogP contribution in [0.1, 0.15) is 0 Å². The van der Waals surface area contributed by atoms with E-state index < -0.39 is 0 Å². The molecule has 0 N–H and O–H groups in total. The van der Waals surface area contributed by atoms with Crippen LogP contribution in [0.3, 0.4) is 0 Å². The molecule has 8 aromatic rings. The van der Waals surface area contributed by atoms with Gasteiger partial charge in [0, 0.05) is 50.6 Å². The molecule has 0 atom stereocenters. The third kappa shape index (κ3) is 7.02. The molecule has 284 valence electrons. The third-order valence-electron chi connectivity index (χ3n) is 10.1. The second-order valence-electron chi connectivity index (χ2n) is 13.2. The van der Waals surface area contributed by atoms with Gasteiger partial charge in [0.1, 0.15) is 28.7 Å². The molecule has 1 heterocycles. The van der Waals surface area contributed by atoms with Crippen molar-refractivity contribution < 1.29 is 23.7 Å². The fourth-order valence-corrected chi connectivity index (χ4v) is 7.18. The van der Waals surface area contributed by atoms with Crippen molar-refractivity contribution >= 4 is 55.9 Å². The average Bonchev–Trinajstić information content (AvgIpc) is 3.28. The van der Waals surface area contributed by atoms with Crippen molar-refractivity contribution in [1.82, 2.24) is 4.57 Å². The summed E-state index contributed by atoms with van der Waals surface area (Å²) in [6, 6.07) is 51.4. The van der Waals surface area contributed by atoms with Crippen LogP contribution < -0.4 is 38.9 Å². The first-order valence-electron chi connectivity index (χ1n) is 18.4. The molecule has 0 fully saturated rings. The van der Waals surface area contributed by atoms with E-state index in [2.05, 4.69) is 14.4 Å². The van der Waals surface area contributed by atoms with Crippen LogP contribution in [0.5, 0.6) is 28.7 Å². The zero-order valence-corrected chi connectivity index (χ0v) is 32.3. The van der Waals surface area contributed by atoms with Crippen molar-refractivity contribution in [1.29, 1.82) is 0 Å². The Morgan fingerprint density at radius 1 is 0.351 bits per heavy atom. The van der Waals surface area contributed by atoms with Gasteiger partial charge < -0.3 is 38.1 Å². The minimum Gasteiger partial charge on any atom is -0.497 e. The zero-order chi connectivity index (χ0) is 39.5. The van der Waals surface area contributed by atoms with E-state index in [1.54, 1.807) is 35.5 Å². The van der Waals surface area contributed by atoms with Gasteiger partial charge in [0.2, 0.25) is 0 Å². The van der Waals surface area contributed by atoms with Gasteiger partial charge in [-0.25, -0.2) is 0 Å². The molecule has 0 amide bonds. The Bertz CT molecular complexity index is 2450. The number of rotatable bonds is 12. The van der Waals surface area contributed by atoms with Crippen molar-refractivity contribution in [3.63, 3.8) is 0 Å². The maximum Gasteiger partial charge on any atom is 0.197 e. The van der Waals surface area contributed by atoms with Gasteiger partial charge in [0.15, 0.2) is 5.43 Å². The van der Waals surface area contributed by atoms with Crippen LogP contribution in [-0.4, -0.2) is 40.1 Å². The van der Waals surface area contributed by atoms with E-state index in [4.69, 9.17) is 23.7 Å². The largest absolute Gasteiger partial charge is 0.497 e. The van der Waals surface area contributed by atoms with Crippen molar-refractivity contribution in [3.05, 3.63) is 168 Å². The molecule has 9 nitrogen and oxygen atoms in total. The number of ether oxygens (including phenoxy) is 5. The van der Waals surface area contributed by atoms with Crippen molar-refractivity contribution in [2.24, 2.45) is 0 Å². The minimum absolute atomic E-state index is 0.0951. The van der Waals surface area contributed by atoms with Gasteiger partial charge in [-0.3, -0.25) is 4.79 Å². The highest BCUT2D eigenvalue weighted by atomic mass is 16.5. The number of anilines is 6. The van der Waals surface area contributed by atoms with E-state index in [1.165, 1.54) is 0 Å². The van der Waals surface area contributed by atoms with E-state index in [0.29, 0.717) is 10.8 Å². The van der Waals surface area contributed by atoms with Crippen LogP contribution in [0.2, 0.25) is 0 Å². The summed E-state index contributed by atoms with van der Waals surface area (Å²) in [5.41, 5.74) is 7.53. The molecule has 7 aromatic carbocycles. The highest BCUT2D eigenvalue weighted by Gasteiger charge is 2.20. The molecule has 0 bridgehead atoms. The predicted octanol–water partition coefficient (Wildman–Crippen LogP) is 11.1. The molecule has 0 unspecified atom stereocenters. The summed E-state index contributed by atoms with van der Waals surface area (Å²) in [4.78, 5) is 19.3. The summed E-state index contributed by atoms with van der Waals surface area (Å²) in [7, 11) is 8.25. The topological polar surface area (TPSA) is 74.6 Å². The van der Waals surface area contributed by atoms with Gasteiger partial charge in [-0.15, -0.1) is 0 Å². The van der Waals surface area contributed by atoms with Gasteiger partial charge in [-0.1, -0.05) is 0 Å². The van der Waals surface area contributed by atoms with Crippen LogP contribution in [0.25, 0.3) is 27.5 Å². The first-order valence-corrected chi connectivity index (χ1v) is 18.4. The quantitative estimate of drug-likeness (QED) is 0.114. The number of benzene rings is 7. The Hall–Kier alpha value is -7.39. The highest BCUT2D eigenvalue weighted by Crippen LogP contribution is 2.40. The lowest BCUT2D eigenvalue weighted by Crippen LogP contribution is -2.15. The summed E-state index contributed by atoms with van der Waals surface area (Å²) in [5.74, 6) is 3.72. The number of fused-ring (bicyclic) bond motifs is 2. The number of hydrogen-bond donors (Lipinski definition) is 0. The van der Waals surface area contributed by atoms with Gasteiger partial charge in [0.25, 0.3) is 0 Å². The summed E-state index contributed by atoms with van der Waals surface area (Å²) in [5, 5.41) is 1.11. The average molecular weight is 756 g/mol. The first-order chi connectivity index (χ1) is 27.9. The molecule has 0 spiro atoms. The van der Waals surface area contributed by atoms with E-state index in [0.717, 1.165) is 79.6 Å².